The Kier molecular flexibility index (Phi) is 5.86. The van der Waals surface area contributed by atoms with Crippen LogP contribution in [0.1, 0.15) is 52.7 Å². The fourth-order valence-corrected chi connectivity index (χ4v) is 2.20. The molecular weight excluding hydrogens is 292 g/mol. The van der Waals surface area contributed by atoms with Gasteiger partial charge in [-0.05, 0) is 23.0 Å². The van der Waals surface area contributed by atoms with Crippen LogP contribution in [0.25, 0.3) is 0 Å². The molecule has 0 aliphatic heterocycles. The maximum Gasteiger partial charge on any atom is 0.330 e. The molecule has 1 N–H and O–H groups in total. The number of carbonyl (C=O) groups excluding carboxylic acids is 1. The highest BCUT2D eigenvalue weighted by Crippen LogP contribution is 2.41. The number of hydrogen-bond acceptors (Lipinski definition) is 4. The summed E-state index contributed by atoms with van der Waals surface area (Å²) in [7, 11) is 0. The van der Waals surface area contributed by atoms with Crippen molar-refractivity contribution in [3.63, 3.8) is 0 Å². The summed E-state index contributed by atoms with van der Waals surface area (Å²) in [6.45, 7) is 16.0. The zero-order chi connectivity index (χ0) is 17.8. The first-order chi connectivity index (χ1) is 10.5. The first-order valence-corrected chi connectivity index (χ1v) is 7.76. The van der Waals surface area contributed by atoms with Gasteiger partial charge in [0.15, 0.2) is 0 Å². The van der Waals surface area contributed by atoms with Crippen molar-refractivity contribution in [1.82, 2.24) is 0 Å². The van der Waals surface area contributed by atoms with Gasteiger partial charge >= 0.3 is 5.97 Å². The molecule has 0 spiro atoms. The van der Waals surface area contributed by atoms with Crippen LogP contribution in [-0.2, 0) is 20.4 Å². The first kappa shape index (κ1) is 19.1. The molecule has 4 heteroatoms. The molecule has 1 rings (SSSR count). The number of phenolic OH excluding ortho intramolecular Hbond substituents is 1. The number of carbonyl (C=O) groups is 1. The van der Waals surface area contributed by atoms with E-state index in [1.807, 2.05) is 53.7 Å². The Labute approximate surface area is 139 Å². The van der Waals surface area contributed by atoms with Gasteiger partial charge in [0.1, 0.15) is 24.7 Å². The number of rotatable bonds is 5. The smallest absolute Gasteiger partial charge is 0.330 e. The maximum absolute atomic E-state index is 11.0. The van der Waals surface area contributed by atoms with E-state index >= 15 is 0 Å². The summed E-state index contributed by atoms with van der Waals surface area (Å²) < 4.78 is 10.6. The van der Waals surface area contributed by atoms with Crippen molar-refractivity contribution in [3.05, 3.63) is 35.9 Å². The molecule has 0 fully saturated rings. The second-order valence-corrected chi connectivity index (χ2v) is 7.59. The lowest BCUT2D eigenvalue weighted by Gasteiger charge is -2.28. The minimum Gasteiger partial charge on any atom is -0.507 e. The monoisotopic (exact) mass is 320 g/mol. The van der Waals surface area contributed by atoms with Gasteiger partial charge in [-0.3, -0.25) is 0 Å². The van der Waals surface area contributed by atoms with Crippen LogP contribution in [0.4, 0.5) is 0 Å². The van der Waals surface area contributed by atoms with Gasteiger partial charge in [-0.15, -0.1) is 0 Å². The number of esters is 1. The van der Waals surface area contributed by atoms with Crippen molar-refractivity contribution >= 4 is 5.97 Å². The van der Waals surface area contributed by atoms with Crippen LogP contribution in [0.2, 0.25) is 0 Å². The second kappa shape index (κ2) is 7.07. The summed E-state index contributed by atoms with van der Waals surface area (Å²) in [4.78, 5) is 11.0. The van der Waals surface area contributed by atoms with Crippen LogP contribution in [0, 0.1) is 0 Å². The van der Waals surface area contributed by atoms with Crippen LogP contribution < -0.4 is 4.74 Å². The molecule has 0 atom stereocenters. The molecule has 0 heterocycles. The average Bonchev–Trinajstić information content (AvgIpc) is 2.41. The molecule has 1 aromatic rings. The van der Waals surface area contributed by atoms with E-state index in [0.717, 1.165) is 17.2 Å². The van der Waals surface area contributed by atoms with Gasteiger partial charge in [0, 0.05) is 17.2 Å². The number of benzene rings is 1. The standard InChI is InChI=1S/C19H28O4/c1-8-16(20)23-10-9-22-13-11-14(18(2,3)4)17(21)15(12-13)19(5,6)7/h8,11-12,21H,1,9-10H2,2-7H3. The molecule has 0 aromatic heterocycles. The van der Waals surface area contributed by atoms with E-state index in [0.29, 0.717) is 11.5 Å². The van der Waals surface area contributed by atoms with Crippen molar-refractivity contribution in [3.8, 4) is 11.5 Å². The summed E-state index contributed by atoms with van der Waals surface area (Å²) in [5.74, 6) is 0.507. The van der Waals surface area contributed by atoms with Gasteiger partial charge in [-0.1, -0.05) is 48.1 Å². The molecule has 0 amide bonds. The van der Waals surface area contributed by atoms with Gasteiger partial charge < -0.3 is 14.6 Å². The minimum absolute atomic E-state index is 0.154. The molecule has 0 bridgehead atoms. The largest absolute Gasteiger partial charge is 0.507 e. The highest BCUT2D eigenvalue weighted by molar-refractivity contribution is 5.81. The highest BCUT2D eigenvalue weighted by atomic mass is 16.6. The lowest BCUT2D eigenvalue weighted by molar-refractivity contribution is -0.138. The molecule has 1 aromatic carbocycles. The SMILES string of the molecule is C=CC(=O)OCCOc1cc(C(C)(C)C)c(O)c(C(C)(C)C)c1. The summed E-state index contributed by atoms with van der Waals surface area (Å²) in [6.07, 6.45) is 1.12. The van der Waals surface area contributed by atoms with Crippen molar-refractivity contribution in [2.24, 2.45) is 0 Å². The van der Waals surface area contributed by atoms with Crippen molar-refractivity contribution < 1.29 is 19.4 Å². The number of phenols is 1. The van der Waals surface area contributed by atoms with Crippen LogP contribution in [0.5, 0.6) is 11.5 Å². The summed E-state index contributed by atoms with van der Waals surface area (Å²) in [5, 5.41) is 10.6. The van der Waals surface area contributed by atoms with Gasteiger partial charge in [-0.2, -0.15) is 0 Å². The normalized spacial score (nSPS) is 11.9. The Morgan fingerprint density at radius 2 is 1.57 bits per heavy atom. The lowest BCUT2D eigenvalue weighted by Crippen LogP contribution is -2.18. The van der Waals surface area contributed by atoms with E-state index in [1.54, 1.807) is 0 Å². The number of ether oxygens (including phenoxy) is 2. The Hall–Kier alpha value is -1.97. The molecule has 0 radical (unpaired) electrons. The number of hydrogen-bond donors (Lipinski definition) is 1. The third-order valence-corrected chi connectivity index (χ3v) is 3.46. The van der Waals surface area contributed by atoms with Crippen LogP contribution in [0.3, 0.4) is 0 Å². The van der Waals surface area contributed by atoms with Gasteiger partial charge in [0.05, 0.1) is 0 Å². The van der Waals surface area contributed by atoms with E-state index in [-0.39, 0.29) is 24.0 Å². The topological polar surface area (TPSA) is 55.8 Å². The third-order valence-electron chi connectivity index (χ3n) is 3.46. The Balaban J connectivity index is 3.04. The lowest BCUT2D eigenvalue weighted by atomic mass is 9.79. The number of aromatic hydroxyl groups is 1. The average molecular weight is 320 g/mol. The van der Waals surface area contributed by atoms with E-state index in [1.165, 1.54) is 0 Å². The highest BCUT2D eigenvalue weighted by Gasteiger charge is 2.26. The van der Waals surface area contributed by atoms with Crippen LogP contribution in [-0.4, -0.2) is 24.3 Å². The minimum atomic E-state index is -0.468. The maximum atomic E-state index is 11.0. The Morgan fingerprint density at radius 1 is 1.09 bits per heavy atom. The van der Waals surface area contributed by atoms with Crippen molar-refractivity contribution in [1.29, 1.82) is 0 Å². The van der Waals surface area contributed by atoms with E-state index < -0.39 is 5.97 Å². The second-order valence-electron chi connectivity index (χ2n) is 7.59. The van der Waals surface area contributed by atoms with Gasteiger partial charge in [-0.25, -0.2) is 4.79 Å². The molecule has 0 aliphatic carbocycles. The summed E-state index contributed by atoms with van der Waals surface area (Å²) in [5.41, 5.74) is 1.25. The zero-order valence-electron chi connectivity index (χ0n) is 15.0. The zero-order valence-corrected chi connectivity index (χ0v) is 15.0. The van der Waals surface area contributed by atoms with Crippen LogP contribution >= 0.6 is 0 Å². The van der Waals surface area contributed by atoms with E-state index in [4.69, 9.17) is 9.47 Å². The van der Waals surface area contributed by atoms with Crippen molar-refractivity contribution in [2.45, 2.75) is 52.4 Å². The fourth-order valence-electron chi connectivity index (χ4n) is 2.20. The van der Waals surface area contributed by atoms with E-state index in [2.05, 4.69) is 6.58 Å². The predicted octanol–water partition coefficient (Wildman–Crippen LogP) is 4.10. The molecule has 128 valence electrons. The Bertz CT molecular complexity index is 539. The molecule has 4 nitrogen and oxygen atoms in total. The predicted molar refractivity (Wildman–Crippen MR) is 92.2 cm³/mol. The van der Waals surface area contributed by atoms with E-state index in [9.17, 15) is 9.90 Å². The molecule has 0 saturated heterocycles. The van der Waals surface area contributed by atoms with Gasteiger partial charge in [0.2, 0.25) is 0 Å². The molecule has 23 heavy (non-hydrogen) atoms. The first-order valence-electron chi connectivity index (χ1n) is 7.76. The molecular formula is C19H28O4. The van der Waals surface area contributed by atoms with Crippen LogP contribution in [0.15, 0.2) is 24.8 Å². The molecule has 0 aliphatic rings. The van der Waals surface area contributed by atoms with Gasteiger partial charge in [0.25, 0.3) is 0 Å². The summed E-state index contributed by atoms with van der Waals surface area (Å²) in [6, 6.07) is 3.69. The van der Waals surface area contributed by atoms with Crippen molar-refractivity contribution in [2.75, 3.05) is 13.2 Å². The molecule has 0 unspecified atom stereocenters. The fraction of sp³-hybridized carbons (Fsp3) is 0.526. The quantitative estimate of drug-likeness (QED) is 0.504. The third kappa shape index (κ3) is 5.31. The Morgan fingerprint density at radius 3 is 1.96 bits per heavy atom. The summed E-state index contributed by atoms with van der Waals surface area (Å²) >= 11 is 0. The molecule has 0 saturated carbocycles.